The Morgan fingerprint density at radius 1 is 1.21 bits per heavy atom. The van der Waals surface area contributed by atoms with Crippen molar-refractivity contribution in [3.05, 3.63) is 0 Å². The number of unbranched alkanes of at least 4 members (excludes halogenated alkanes) is 1. The third-order valence-corrected chi connectivity index (χ3v) is 4.97. The van der Waals surface area contributed by atoms with Gasteiger partial charge in [0.25, 0.3) is 0 Å². The van der Waals surface area contributed by atoms with Crippen molar-refractivity contribution >= 4 is 0 Å². The number of hydrogen-bond acceptors (Lipinski definition) is 2. The second-order valence-electron chi connectivity index (χ2n) is 6.35. The Morgan fingerprint density at radius 2 is 1.95 bits per heavy atom. The van der Waals surface area contributed by atoms with Crippen molar-refractivity contribution in [3.63, 3.8) is 0 Å². The summed E-state index contributed by atoms with van der Waals surface area (Å²) < 4.78 is 5.81. The molecule has 1 rings (SSSR count). The first-order valence-electron chi connectivity index (χ1n) is 8.48. The van der Waals surface area contributed by atoms with Gasteiger partial charge in [-0.2, -0.15) is 0 Å². The molecular weight excluding hydrogens is 234 g/mol. The summed E-state index contributed by atoms with van der Waals surface area (Å²) in [6, 6.07) is 0.645. The maximum atomic E-state index is 5.81. The van der Waals surface area contributed by atoms with E-state index in [0.29, 0.717) is 6.04 Å². The molecule has 0 heterocycles. The molecule has 1 N–H and O–H groups in total. The highest BCUT2D eigenvalue weighted by Gasteiger charge is 2.39. The molecule has 0 bridgehead atoms. The minimum absolute atomic E-state index is 0.204. The van der Waals surface area contributed by atoms with E-state index in [0.717, 1.165) is 12.5 Å². The van der Waals surface area contributed by atoms with Crippen LogP contribution < -0.4 is 5.32 Å². The van der Waals surface area contributed by atoms with Crippen molar-refractivity contribution < 1.29 is 4.74 Å². The van der Waals surface area contributed by atoms with Crippen LogP contribution in [0.25, 0.3) is 0 Å². The summed E-state index contributed by atoms with van der Waals surface area (Å²) in [5, 5.41) is 3.70. The summed E-state index contributed by atoms with van der Waals surface area (Å²) in [5.74, 6) is 0.887. The Morgan fingerprint density at radius 3 is 2.37 bits per heavy atom. The monoisotopic (exact) mass is 269 g/mol. The van der Waals surface area contributed by atoms with Crippen molar-refractivity contribution in [2.45, 2.75) is 90.2 Å². The highest BCUT2D eigenvalue weighted by Crippen LogP contribution is 2.40. The molecule has 2 atom stereocenters. The van der Waals surface area contributed by atoms with Crippen molar-refractivity contribution in [2.75, 3.05) is 13.7 Å². The number of methoxy groups -OCH3 is 1. The normalized spacial score (nSPS) is 20.8. The van der Waals surface area contributed by atoms with Gasteiger partial charge >= 0.3 is 0 Å². The lowest BCUT2D eigenvalue weighted by Gasteiger charge is -2.43. The maximum absolute atomic E-state index is 5.81. The van der Waals surface area contributed by atoms with Crippen molar-refractivity contribution in [3.8, 4) is 0 Å². The number of ether oxygens (including phenoxy) is 1. The lowest BCUT2D eigenvalue weighted by atomic mass is 9.74. The van der Waals surface area contributed by atoms with Crippen molar-refractivity contribution in [1.29, 1.82) is 0 Å². The standard InChI is InChI=1S/C17H35NO/c1-5-8-10-15(6-2)13-16(18-7-3)14-17(19-4)11-9-12-17/h15-16,18H,5-14H2,1-4H3. The minimum Gasteiger partial charge on any atom is -0.378 e. The predicted molar refractivity (Wildman–Crippen MR) is 83.6 cm³/mol. The topological polar surface area (TPSA) is 21.3 Å². The van der Waals surface area contributed by atoms with E-state index >= 15 is 0 Å². The molecule has 0 radical (unpaired) electrons. The summed E-state index contributed by atoms with van der Waals surface area (Å²) in [6.45, 7) is 7.94. The van der Waals surface area contributed by atoms with Crippen LogP contribution in [0.1, 0.15) is 78.6 Å². The van der Waals surface area contributed by atoms with E-state index in [2.05, 4.69) is 26.1 Å². The molecule has 0 aliphatic heterocycles. The number of rotatable bonds is 11. The second-order valence-corrected chi connectivity index (χ2v) is 6.35. The molecule has 1 aliphatic carbocycles. The van der Waals surface area contributed by atoms with E-state index in [-0.39, 0.29) is 5.60 Å². The van der Waals surface area contributed by atoms with Crippen LogP contribution in [-0.2, 0) is 4.74 Å². The molecular formula is C17H35NO. The molecule has 0 aromatic carbocycles. The van der Waals surface area contributed by atoms with Gasteiger partial charge in [0.1, 0.15) is 0 Å². The van der Waals surface area contributed by atoms with Crippen molar-refractivity contribution in [1.82, 2.24) is 5.32 Å². The molecule has 0 aromatic rings. The second kappa shape index (κ2) is 8.97. The average molecular weight is 269 g/mol. The van der Waals surface area contributed by atoms with Gasteiger partial charge in [0.15, 0.2) is 0 Å². The van der Waals surface area contributed by atoms with E-state index in [4.69, 9.17) is 4.74 Å². The summed E-state index contributed by atoms with van der Waals surface area (Å²) in [6.07, 6.45) is 11.8. The van der Waals surface area contributed by atoms with Crippen LogP contribution in [0.3, 0.4) is 0 Å². The molecule has 0 aromatic heterocycles. The lowest BCUT2D eigenvalue weighted by molar-refractivity contribution is -0.0846. The fraction of sp³-hybridized carbons (Fsp3) is 1.00. The van der Waals surface area contributed by atoms with Gasteiger partial charge in [-0.15, -0.1) is 0 Å². The minimum atomic E-state index is 0.204. The van der Waals surface area contributed by atoms with Gasteiger partial charge in [-0.1, -0.05) is 46.5 Å². The largest absolute Gasteiger partial charge is 0.378 e. The van der Waals surface area contributed by atoms with Gasteiger partial charge in [-0.05, 0) is 44.6 Å². The summed E-state index contributed by atoms with van der Waals surface area (Å²) in [5.41, 5.74) is 0.204. The van der Waals surface area contributed by atoms with E-state index in [1.807, 2.05) is 7.11 Å². The molecule has 2 nitrogen and oxygen atoms in total. The zero-order valence-electron chi connectivity index (χ0n) is 13.6. The molecule has 1 fully saturated rings. The molecule has 2 unspecified atom stereocenters. The summed E-state index contributed by atoms with van der Waals surface area (Å²) in [7, 11) is 1.90. The SMILES string of the molecule is CCCCC(CC)CC(CC1(OC)CCC1)NCC. The Balaban J connectivity index is 2.45. The first kappa shape index (κ1) is 17.0. The van der Waals surface area contributed by atoms with E-state index in [9.17, 15) is 0 Å². The van der Waals surface area contributed by atoms with E-state index in [1.54, 1.807) is 0 Å². The Kier molecular flexibility index (Phi) is 8.01. The van der Waals surface area contributed by atoms with Crippen LogP contribution in [0.2, 0.25) is 0 Å². The van der Waals surface area contributed by atoms with Crippen LogP contribution in [0.4, 0.5) is 0 Å². The average Bonchev–Trinajstić information content (AvgIpc) is 2.38. The fourth-order valence-electron chi connectivity index (χ4n) is 3.42. The van der Waals surface area contributed by atoms with Crippen LogP contribution in [0, 0.1) is 5.92 Å². The lowest BCUT2D eigenvalue weighted by Crippen LogP contribution is -2.46. The molecule has 1 saturated carbocycles. The maximum Gasteiger partial charge on any atom is 0.0693 e. The van der Waals surface area contributed by atoms with Gasteiger partial charge in [0.05, 0.1) is 5.60 Å². The predicted octanol–water partition coefficient (Wildman–Crippen LogP) is 4.53. The van der Waals surface area contributed by atoms with Gasteiger partial charge in [-0.25, -0.2) is 0 Å². The first-order valence-corrected chi connectivity index (χ1v) is 8.48. The molecule has 19 heavy (non-hydrogen) atoms. The van der Waals surface area contributed by atoms with Crippen LogP contribution in [0.15, 0.2) is 0 Å². The number of nitrogens with one attached hydrogen (secondary N) is 1. The number of hydrogen-bond donors (Lipinski definition) is 1. The highest BCUT2D eigenvalue weighted by molar-refractivity contribution is 4.93. The third-order valence-electron chi connectivity index (χ3n) is 4.97. The van der Waals surface area contributed by atoms with Crippen molar-refractivity contribution in [2.24, 2.45) is 5.92 Å². The van der Waals surface area contributed by atoms with Gasteiger partial charge < -0.3 is 10.1 Å². The van der Waals surface area contributed by atoms with E-state index < -0.39 is 0 Å². The summed E-state index contributed by atoms with van der Waals surface area (Å²) in [4.78, 5) is 0. The Bertz CT molecular complexity index is 220. The highest BCUT2D eigenvalue weighted by atomic mass is 16.5. The smallest absolute Gasteiger partial charge is 0.0693 e. The van der Waals surface area contributed by atoms with Gasteiger partial charge in [0, 0.05) is 13.2 Å². The summed E-state index contributed by atoms with van der Waals surface area (Å²) >= 11 is 0. The molecule has 114 valence electrons. The molecule has 0 spiro atoms. The Labute approximate surface area is 120 Å². The quantitative estimate of drug-likeness (QED) is 0.595. The molecule has 0 saturated heterocycles. The molecule has 1 aliphatic rings. The first-order chi connectivity index (χ1) is 9.19. The third kappa shape index (κ3) is 5.43. The van der Waals surface area contributed by atoms with E-state index in [1.165, 1.54) is 57.8 Å². The zero-order valence-corrected chi connectivity index (χ0v) is 13.6. The fourth-order valence-corrected chi connectivity index (χ4v) is 3.42. The molecule has 2 heteroatoms. The van der Waals surface area contributed by atoms with Crippen LogP contribution in [-0.4, -0.2) is 25.3 Å². The van der Waals surface area contributed by atoms with Crippen LogP contribution in [0.5, 0.6) is 0 Å². The molecule has 0 amide bonds. The van der Waals surface area contributed by atoms with Gasteiger partial charge in [0.2, 0.25) is 0 Å². The Hall–Kier alpha value is -0.0800. The van der Waals surface area contributed by atoms with Gasteiger partial charge in [-0.3, -0.25) is 0 Å². The van der Waals surface area contributed by atoms with Crippen LogP contribution >= 0.6 is 0 Å². The zero-order chi connectivity index (χ0) is 14.1.